The highest BCUT2D eigenvalue weighted by Gasteiger charge is 2.38. The highest BCUT2D eigenvalue weighted by molar-refractivity contribution is 6.67. The van der Waals surface area contributed by atoms with E-state index in [2.05, 4.69) is 20.8 Å². The molecule has 0 spiro atoms. The van der Waals surface area contributed by atoms with E-state index in [0.29, 0.717) is 6.10 Å². The van der Waals surface area contributed by atoms with Gasteiger partial charge >= 0.3 is 8.56 Å². The molecule has 0 aliphatic rings. The topological polar surface area (TPSA) is 70.5 Å². The Balaban J connectivity index is 4.72. The van der Waals surface area contributed by atoms with Crippen LogP contribution in [0.5, 0.6) is 0 Å². The Hall–Kier alpha value is 0.0569. The predicted octanol–water partition coefficient (Wildman–Crippen LogP) is 3.15. The van der Waals surface area contributed by atoms with Gasteiger partial charge in [-0.05, 0) is 57.3 Å². The monoisotopic (exact) mass is 304 g/mol. The van der Waals surface area contributed by atoms with E-state index in [1.807, 2.05) is 0 Å². The summed E-state index contributed by atoms with van der Waals surface area (Å²) in [5, 5.41) is 0. The van der Waals surface area contributed by atoms with E-state index < -0.39 is 8.56 Å². The Labute approximate surface area is 126 Å². The summed E-state index contributed by atoms with van der Waals surface area (Å²) in [6, 6.07) is 2.10. The van der Waals surface area contributed by atoms with Crippen molar-refractivity contribution < 1.29 is 8.85 Å². The molecule has 0 amide bonds. The van der Waals surface area contributed by atoms with Gasteiger partial charge < -0.3 is 20.3 Å². The first-order valence-corrected chi connectivity index (χ1v) is 10.6. The minimum atomic E-state index is -2.09. The maximum absolute atomic E-state index is 6.54. The lowest BCUT2D eigenvalue weighted by Gasteiger charge is -2.34. The van der Waals surface area contributed by atoms with Crippen LogP contribution < -0.4 is 11.5 Å². The van der Waals surface area contributed by atoms with Crippen molar-refractivity contribution in [3.63, 3.8) is 0 Å². The van der Waals surface area contributed by atoms with Crippen LogP contribution in [0.3, 0.4) is 0 Å². The summed E-state index contributed by atoms with van der Waals surface area (Å²) in [6.07, 6.45) is 6.58. The summed E-state index contributed by atoms with van der Waals surface area (Å²) in [4.78, 5) is 0. The van der Waals surface area contributed by atoms with Crippen molar-refractivity contribution in [2.24, 2.45) is 11.5 Å². The molecule has 0 aliphatic heterocycles. The fraction of sp³-hybridized carbons (Fsp3) is 1.00. The van der Waals surface area contributed by atoms with Gasteiger partial charge in [-0.1, -0.05) is 27.2 Å². The van der Waals surface area contributed by atoms with Crippen LogP contribution in [0.25, 0.3) is 0 Å². The van der Waals surface area contributed by atoms with Crippen LogP contribution in [0.1, 0.15) is 59.3 Å². The maximum atomic E-state index is 6.54. The molecule has 5 heteroatoms. The minimum Gasteiger partial charge on any atom is -0.394 e. The molecule has 4 nitrogen and oxygen atoms in total. The van der Waals surface area contributed by atoms with Crippen molar-refractivity contribution in [2.75, 3.05) is 19.7 Å². The van der Waals surface area contributed by atoms with Crippen molar-refractivity contribution in [3.05, 3.63) is 0 Å². The van der Waals surface area contributed by atoms with Crippen LogP contribution in [0.15, 0.2) is 0 Å². The molecule has 20 heavy (non-hydrogen) atoms. The third-order valence-electron chi connectivity index (χ3n) is 3.53. The van der Waals surface area contributed by atoms with E-state index in [-0.39, 0.29) is 0 Å². The van der Waals surface area contributed by atoms with Crippen molar-refractivity contribution in [1.82, 2.24) is 0 Å². The second-order valence-corrected chi connectivity index (χ2v) is 8.83. The number of rotatable bonds is 14. The summed E-state index contributed by atoms with van der Waals surface area (Å²) in [7, 11) is -2.09. The second-order valence-electron chi connectivity index (χ2n) is 5.48. The lowest BCUT2D eigenvalue weighted by molar-refractivity contribution is 0.101. The largest absolute Gasteiger partial charge is 0.394 e. The summed E-state index contributed by atoms with van der Waals surface area (Å²) >= 11 is 0. The smallest absolute Gasteiger partial charge is 0.338 e. The van der Waals surface area contributed by atoms with Crippen molar-refractivity contribution in [2.45, 2.75) is 77.5 Å². The zero-order valence-electron chi connectivity index (χ0n) is 13.8. The summed E-state index contributed by atoms with van der Waals surface area (Å²) in [6.45, 7) is 8.82. The molecule has 0 saturated heterocycles. The zero-order valence-corrected chi connectivity index (χ0v) is 14.8. The molecular weight excluding hydrogens is 268 g/mol. The van der Waals surface area contributed by atoms with Crippen LogP contribution in [-0.2, 0) is 8.85 Å². The SMILES string of the molecule is CCCO[Si](CCC)(CCCN)OC(CC)CCCN. The number of nitrogens with two attached hydrogens (primary N) is 2. The molecule has 0 rings (SSSR count). The van der Waals surface area contributed by atoms with Crippen LogP contribution in [-0.4, -0.2) is 34.4 Å². The van der Waals surface area contributed by atoms with E-state index in [0.717, 1.165) is 70.3 Å². The van der Waals surface area contributed by atoms with E-state index in [1.54, 1.807) is 0 Å². The van der Waals surface area contributed by atoms with Gasteiger partial charge in [0.1, 0.15) is 0 Å². The summed E-state index contributed by atoms with van der Waals surface area (Å²) < 4.78 is 12.8. The van der Waals surface area contributed by atoms with Crippen LogP contribution >= 0.6 is 0 Å². The third kappa shape index (κ3) is 8.37. The fourth-order valence-corrected chi connectivity index (χ4v) is 6.27. The lowest BCUT2D eigenvalue weighted by atomic mass is 10.1. The van der Waals surface area contributed by atoms with Crippen molar-refractivity contribution >= 4 is 8.56 Å². The fourth-order valence-electron chi connectivity index (χ4n) is 2.46. The average Bonchev–Trinajstić information content (AvgIpc) is 2.47. The maximum Gasteiger partial charge on any atom is 0.338 e. The molecule has 0 aromatic carbocycles. The molecule has 0 aromatic rings. The molecular formula is C15H36N2O2Si. The van der Waals surface area contributed by atoms with Gasteiger partial charge in [0.2, 0.25) is 0 Å². The Morgan fingerprint density at radius 1 is 0.950 bits per heavy atom. The molecule has 0 aliphatic carbocycles. The predicted molar refractivity (Wildman–Crippen MR) is 89.0 cm³/mol. The lowest BCUT2D eigenvalue weighted by Crippen LogP contribution is -2.45. The second kappa shape index (κ2) is 12.8. The minimum absolute atomic E-state index is 0.298. The van der Waals surface area contributed by atoms with Gasteiger partial charge in [0, 0.05) is 12.7 Å². The molecule has 0 heterocycles. The van der Waals surface area contributed by atoms with Gasteiger partial charge in [0.15, 0.2) is 0 Å². The van der Waals surface area contributed by atoms with Gasteiger partial charge in [-0.15, -0.1) is 0 Å². The summed E-state index contributed by atoms with van der Waals surface area (Å²) in [5.74, 6) is 0. The van der Waals surface area contributed by atoms with Gasteiger partial charge in [0.25, 0.3) is 0 Å². The number of hydrogen-bond acceptors (Lipinski definition) is 4. The zero-order chi connectivity index (χ0) is 15.3. The normalized spacial score (nSPS) is 16.1. The average molecular weight is 305 g/mol. The van der Waals surface area contributed by atoms with Crippen molar-refractivity contribution in [1.29, 1.82) is 0 Å². The van der Waals surface area contributed by atoms with E-state index in [1.165, 1.54) is 0 Å². The van der Waals surface area contributed by atoms with Crippen LogP contribution in [0, 0.1) is 0 Å². The van der Waals surface area contributed by atoms with Gasteiger partial charge in [-0.3, -0.25) is 0 Å². The Morgan fingerprint density at radius 2 is 1.65 bits per heavy atom. The molecule has 0 radical (unpaired) electrons. The van der Waals surface area contributed by atoms with E-state index >= 15 is 0 Å². The first-order valence-electron chi connectivity index (χ1n) is 8.39. The summed E-state index contributed by atoms with van der Waals surface area (Å²) in [5.41, 5.74) is 11.3. The van der Waals surface area contributed by atoms with E-state index in [9.17, 15) is 0 Å². The van der Waals surface area contributed by atoms with Gasteiger partial charge in [-0.2, -0.15) is 0 Å². The Morgan fingerprint density at radius 3 is 2.15 bits per heavy atom. The molecule has 0 aromatic heterocycles. The van der Waals surface area contributed by atoms with Gasteiger partial charge in [0.05, 0.1) is 0 Å². The Bertz CT molecular complexity index is 210. The van der Waals surface area contributed by atoms with Crippen molar-refractivity contribution in [3.8, 4) is 0 Å². The highest BCUT2D eigenvalue weighted by Crippen LogP contribution is 2.27. The molecule has 122 valence electrons. The first-order chi connectivity index (χ1) is 9.67. The quantitative estimate of drug-likeness (QED) is 0.484. The first kappa shape index (κ1) is 20.1. The molecule has 2 unspecified atom stereocenters. The Kier molecular flexibility index (Phi) is 12.8. The molecule has 2 atom stereocenters. The van der Waals surface area contributed by atoms with E-state index in [4.69, 9.17) is 20.3 Å². The third-order valence-corrected chi connectivity index (χ3v) is 7.40. The molecule has 0 fully saturated rings. The molecule has 4 N–H and O–H groups in total. The number of hydrogen-bond donors (Lipinski definition) is 2. The van der Waals surface area contributed by atoms with Crippen LogP contribution in [0.2, 0.25) is 12.1 Å². The molecule has 0 saturated carbocycles. The van der Waals surface area contributed by atoms with Gasteiger partial charge in [-0.25, -0.2) is 0 Å². The highest BCUT2D eigenvalue weighted by atomic mass is 28.4. The standard InChI is InChI=1S/C15H36N2O2Si/c1-4-12-18-20(13-5-2,14-8-11-17)19-15(6-3)9-7-10-16/h15H,4-14,16-17H2,1-3H3. The van der Waals surface area contributed by atoms with Crippen LogP contribution in [0.4, 0.5) is 0 Å². The molecule has 0 bridgehead atoms.